The minimum absolute atomic E-state index is 0.459. The summed E-state index contributed by atoms with van der Waals surface area (Å²) in [6.07, 6.45) is 0.788. The van der Waals surface area contributed by atoms with Gasteiger partial charge < -0.3 is 15.0 Å². The molecule has 1 aromatic heterocycles. The molecule has 0 aliphatic heterocycles. The molecule has 0 aliphatic rings. The normalized spacial score (nSPS) is 10.7. The Labute approximate surface area is 121 Å². The van der Waals surface area contributed by atoms with Crippen molar-refractivity contribution in [3.05, 3.63) is 45.3 Å². The number of hydrogen-bond acceptors (Lipinski definition) is 4. The number of nitrogens with zero attached hydrogens (tertiary/aromatic N) is 1. The molecule has 1 heterocycles. The highest BCUT2D eigenvalue weighted by molar-refractivity contribution is 9.10. The van der Waals surface area contributed by atoms with Crippen LogP contribution in [-0.4, -0.2) is 11.7 Å². The number of nitrogens with two attached hydrogens (primary N) is 1. The maximum absolute atomic E-state index is 5.87. The third kappa shape index (κ3) is 3.36. The van der Waals surface area contributed by atoms with Crippen LogP contribution in [0.15, 0.2) is 27.2 Å². The zero-order valence-corrected chi connectivity index (χ0v) is 12.7. The Morgan fingerprint density at radius 3 is 2.79 bits per heavy atom. The summed E-state index contributed by atoms with van der Waals surface area (Å²) in [6.45, 7) is 4.86. The number of rotatable bonds is 5. The molecule has 2 aromatic rings. The molecule has 0 fully saturated rings. The summed E-state index contributed by atoms with van der Waals surface area (Å²) in [4.78, 5) is 0. The molecule has 0 aliphatic carbocycles. The van der Waals surface area contributed by atoms with Crippen LogP contribution in [0.3, 0.4) is 0 Å². The van der Waals surface area contributed by atoms with E-state index in [1.807, 2.05) is 32.0 Å². The molecule has 0 spiro atoms. The van der Waals surface area contributed by atoms with E-state index >= 15 is 0 Å². The quantitative estimate of drug-likeness (QED) is 0.917. The molecule has 102 valence electrons. The summed E-state index contributed by atoms with van der Waals surface area (Å²) in [5.41, 5.74) is 8.60. The number of ether oxygens (including phenoxy) is 1. The van der Waals surface area contributed by atoms with Gasteiger partial charge in [0.2, 0.25) is 0 Å². The number of aromatic nitrogens is 1. The summed E-state index contributed by atoms with van der Waals surface area (Å²) < 4.78 is 12.0. The van der Waals surface area contributed by atoms with Gasteiger partial charge in [0.25, 0.3) is 0 Å². The predicted molar refractivity (Wildman–Crippen MR) is 77.2 cm³/mol. The lowest BCUT2D eigenvalue weighted by atomic mass is 10.1. The second-order valence-electron chi connectivity index (χ2n) is 4.38. The molecule has 0 bridgehead atoms. The molecule has 0 atom stereocenters. The first-order valence-corrected chi connectivity index (χ1v) is 6.94. The van der Waals surface area contributed by atoms with Crippen LogP contribution in [-0.2, 0) is 13.0 Å². The van der Waals surface area contributed by atoms with E-state index in [1.54, 1.807) is 0 Å². The zero-order chi connectivity index (χ0) is 13.8. The molecule has 2 rings (SSSR count). The van der Waals surface area contributed by atoms with Crippen LogP contribution >= 0.6 is 15.9 Å². The molecular weight excluding hydrogens is 308 g/mol. The summed E-state index contributed by atoms with van der Waals surface area (Å²) in [5.74, 6) is 1.66. The molecule has 19 heavy (non-hydrogen) atoms. The van der Waals surface area contributed by atoms with Crippen LogP contribution in [0.4, 0.5) is 0 Å². The molecule has 5 heteroatoms. The number of hydrogen-bond donors (Lipinski definition) is 1. The minimum Gasteiger partial charge on any atom is -0.488 e. The first kappa shape index (κ1) is 14.1. The lowest BCUT2D eigenvalue weighted by Crippen LogP contribution is -2.06. The minimum atomic E-state index is 0.459. The van der Waals surface area contributed by atoms with Crippen molar-refractivity contribution in [3.8, 4) is 5.75 Å². The molecule has 0 saturated heterocycles. The van der Waals surface area contributed by atoms with E-state index in [4.69, 9.17) is 15.0 Å². The first-order chi connectivity index (χ1) is 9.11. The van der Waals surface area contributed by atoms with Gasteiger partial charge in [-0.15, -0.1) is 0 Å². The van der Waals surface area contributed by atoms with Crippen molar-refractivity contribution in [2.75, 3.05) is 6.54 Å². The van der Waals surface area contributed by atoms with Gasteiger partial charge in [-0.05, 0) is 50.6 Å². The Hall–Kier alpha value is -1.33. The van der Waals surface area contributed by atoms with Crippen LogP contribution in [0.2, 0.25) is 0 Å². The van der Waals surface area contributed by atoms with Crippen LogP contribution in [0.1, 0.15) is 22.6 Å². The van der Waals surface area contributed by atoms with Gasteiger partial charge in [0.05, 0.1) is 11.3 Å². The van der Waals surface area contributed by atoms with Crippen LogP contribution in [0, 0.1) is 13.8 Å². The van der Waals surface area contributed by atoms with Crippen molar-refractivity contribution in [2.45, 2.75) is 26.9 Å². The molecule has 0 saturated carbocycles. The van der Waals surface area contributed by atoms with Gasteiger partial charge in [-0.1, -0.05) is 21.1 Å². The highest BCUT2D eigenvalue weighted by Gasteiger charge is 2.11. The van der Waals surface area contributed by atoms with Crippen molar-refractivity contribution in [3.63, 3.8) is 0 Å². The van der Waals surface area contributed by atoms with E-state index in [-0.39, 0.29) is 0 Å². The average Bonchev–Trinajstić information content (AvgIpc) is 2.69. The Morgan fingerprint density at radius 1 is 1.37 bits per heavy atom. The molecule has 4 nitrogen and oxygen atoms in total. The van der Waals surface area contributed by atoms with Crippen LogP contribution < -0.4 is 10.5 Å². The maximum atomic E-state index is 5.87. The van der Waals surface area contributed by atoms with E-state index in [0.29, 0.717) is 13.2 Å². The van der Waals surface area contributed by atoms with Crippen LogP contribution in [0.25, 0.3) is 0 Å². The fraction of sp³-hybridized carbons (Fsp3) is 0.357. The Bertz CT molecular complexity index is 547. The Balaban J connectivity index is 2.15. The van der Waals surface area contributed by atoms with Gasteiger partial charge in [-0.25, -0.2) is 0 Å². The van der Waals surface area contributed by atoms with Crippen molar-refractivity contribution >= 4 is 15.9 Å². The lowest BCUT2D eigenvalue weighted by molar-refractivity contribution is 0.298. The molecule has 0 radical (unpaired) electrons. The molecule has 2 N–H and O–H groups in total. The van der Waals surface area contributed by atoms with E-state index < -0.39 is 0 Å². The van der Waals surface area contributed by atoms with Crippen molar-refractivity contribution < 1.29 is 9.26 Å². The monoisotopic (exact) mass is 324 g/mol. The third-order valence-electron chi connectivity index (χ3n) is 2.99. The second kappa shape index (κ2) is 6.21. The predicted octanol–water partition coefficient (Wildman–Crippen LogP) is 3.13. The van der Waals surface area contributed by atoms with Gasteiger partial charge in [0.1, 0.15) is 18.1 Å². The molecule has 0 amide bonds. The molecular formula is C14H17BrN2O2. The fourth-order valence-electron chi connectivity index (χ4n) is 1.90. The summed E-state index contributed by atoms with van der Waals surface area (Å²) in [5, 5.41) is 3.92. The van der Waals surface area contributed by atoms with Gasteiger partial charge in [-0.3, -0.25) is 0 Å². The topological polar surface area (TPSA) is 61.3 Å². The van der Waals surface area contributed by atoms with Gasteiger partial charge in [0.15, 0.2) is 0 Å². The van der Waals surface area contributed by atoms with E-state index in [9.17, 15) is 0 Å². The van der Waals surface area contributed by atoms with Crippen LogP contribution in [0.5, 0.6) is 5.75 Å². The van der Waals surface area contributed by atoms with Crippen molar-refractivity contribution in [1.29, 1.82) is 0 Å². The maximum Gasteiger partial charge on any atom is 0.140 e. The second-order valence-corrected chi connectivity index (χ2v) is 5.30. The summed E-state index contributed by atoms with van der Waals surface area (Å²) >= 11 is 3.46. The smallest absolute Gasteiger partial charge is 0.140 e. The largest absolute Gasteiger partial charge is 0.488 e. The van der Waals surface area contributed by atoms with E-state index in [0.717, 1.165) is 39.2 Å². The highest BCUT2D eigenvalue weighted by atomic mass is 79.9. The van der Waals surface area contributed by atoms with E-state index in [2.05, 4.69) is 21.1 Å². The fourth-order valence-corrected chi connectivity index (χ4v) is 2.31. The number of halogens is 1. The molecule has 1 aromatic carbocycles. The zero-order valence-electron chi connectivity index (χ0n) is 11.1. The van der Waals surface area contributed by atoms with Gasteiger partial charge in [-0.2, -0.15) is 0 Å². The standard InChI is InChI=1S/C14H17BrN2O2/c1-9-13(10(2)19-17-9)8-18-14-4-3-12(15)7-11(14)5-6-16/h3-4,7H,5-6,8,16H2,1-2H3. The average molecular weight is 325 g/mol. The number of aryl methyl sites for hydroxylation is 2. The number of benzene rings is 1. The Morgan fingerprint density at radius 2 is 2.16 bits per heavy atom. The Kier molecular flexibility index (Phi) is 4.61. The highest BCUT2D eigenvalue weighted by Crippen LogP contribution is 2.25. The van der Waals surface area contributed by atoms with Gasteiger partial charge in [0, 0.05) is 4.47 Å². The molecule has 0 unspecified atom stereocenters. The SMILES string of the molecule is Cc1noc(C)c1COc1ccc(Br)cc1CCN. The van der Waals surface area contributed by atoms with Crippen molar-refractivity contribution in [2.24, 2.45) is 5.73 Å². The van der Waals surface area contributed by atoms with Gasteiger partial charge >= 0.3 is 0 Å². The first-order valence-electron chi connectivity index (χ1n) is 6.15. The summed E-state index contributed by atoms with van der Waals surface area (Å²) in [7, 11) is 0. The van der Waals surface area contributed by atoms with Crippen molar-refractivity contribution in [1.82, 2.24) is 5.16 Å². The summed E-state index contributed by atoms with van der Waals surface area (Å²) in [6, 6.07) is 5.95. The van der Waals surface area contributed by atoms with E-state index in [1.165, 1.54) is 0 Å². The lowest BCUT2D eigenvalue weighted by Gasteiger charge is -2.11. The third-order valence-corrected chi connectivity index (χ3v) is 3.48.